The number of hydrogen-bond donors (Lipinski definition) is 0. The van der Waals surface area contributed by atoms with Crippen molar-refractivity contribution in [2.24, 2.45) is 5.92 Å². The average Bonchev–Trinajstić information content (AvgIpc) is 2.83. The normalized spacial score (nSPS) is 17.6. The lowest BCUT2D eigenvalue weighted by Gasteiger charge is -2.29. The Morgan fingerprint density at radius 3 is 1.38 bits per heavy atom. The topological polar surface area (TPSA) is 9.72 Å². The second-order valence-corrected chi connectivity index (χ2v) is 9.98. The van der Waals surface area contributed by atoms with Crippen molar-refractivity contribution in [3.8, 4) is 22.3 Å². The molecule has 3 heteroatoms. The third-order valence-electron chi connectivity index (χ3n) is 6.75. The van der Waals surface area contributed by atoms with E-state index in [1.807, 2.05) is 0 Å². The summed E-state index contributed by atoms with van der Waals surface area (Å²) < 4.78 is 0. The van der Waals surface area contributed by atoms with Gasteiger partial charge in [0.25, 0.3) is 0 Å². The van der Waals surface area contributed by atoms with Crippen molar-refractivity contribution in [3.63, 3.8) is 0 Å². The fraction of sp³-hybridized carbons (Fsp3) is 0.290. The fourth-order valence-corrected chi connectivity index (χ4v) is 4.68. The molecule has 0 spiro atoms. The average molecular weight is 452 g/mol. The van der Waals surface area contributed by atoms with Crippen LogP contribution in [0.15, 0.2) is 85.0 Å². The van der Waals surface area contributed by atoms with E-state index in [1.54, 1.807) is 0 Å². The molecule has 0 radical (unpaired) electrons. The van der Waals surface area contributed by atoms with E-state index in [-0.39, 0.29) is 0 Å². The fourth-order valence-electron chi connectivity index (χ4n) is 4.68. The maximum Gasteiger partial charge on any atom is 0.0361 e. The summed E-state index contributed by atoms with van der Waals surface area (Å²) in [6.45, 7) is 2.30. The minimum atomic E-state index is 0.434. The van der Waals surface area contributed by atoms with Gasteiger partial charge in [-0.3, -0.25) is 0 Å². The van der Waals surface area contributed by atoms with E-state index >= 15 is 0 Å². The van der Waals surface area contributed by atoms with E-state index < -0.39 is 0 Å². The van der Waals surface area contributed by atoms with Crippen molar-refractivity contribution in [2.45, 2.75) is 13.0 Å². The zero-order valence-corrected chi connectivity index (χ0v) is 21.6. The van der Waals surface area contributed by atoms with Crippen LogP contribution >= 0.6 is 0 Å². The van der Waals surface area contributed by atoms with Gasteiger partial charge in [0.2, 0.25) is 0 Å². The van der Waals surface area contributed by atoms with Gasteiger partial charge < -0.3 is 14.7 Å². The van der Waals surface area contributed by atoms with Crippen LogP contribution in [-0.4, -0.2) is 53.2 Å². The second-order valence-electron chi connectivity index (χ2n) is 9.98. The Bertz CT molecular complexity index is 1110. The summed E-state index contributed by atoms with van der Waals surface area (Å²) in [5.74, 6) is 0.459. The first kappa shape index (κ1) is 23.8. The Balaban J connectivity index is 1.80. The highest BCUT2D eigenvalue weighted by Crippen LogP contribution is 2.35. The molecule has 2 atom stereocenters. The molecule has 0 N–H and O–H groups in total. The Morgan fingerprint density at radius 2 is 1.00 bits per heavy atom. The van der Waals surface area contributed by atoms with E-state index in [2.05, 4.69) is 149 Å². The molecule has 0 aromatic heterocycles. The van der Waals surface area contributed by atoms with E-state index in [0.29, 0.717) is 12.0 Å². The van der Waals surface area contributed by atoms with Crippen molar-refractivity contribution >= 4 is 16.9 Å². The van der Waals surface area contributed by atoms with Crippen molar-refractivity contribution in [1.82, 2.24) is 4.90 Å². The molecule has 2 unspecified atom stereocenters. The third-order valence-corrected chi connectivity index (χ3v) is 6.75. The van der Waals surface area contributed by atoms with E-state index in [1.165, 1.54) is 44.8 Å². The molecule has 0 amide bonds. The van der Waals surface area contributed by atoms with Crippen molar-refractivity contribution in [1.29, 1.82) is 0 Å². The van der Waals surface area contributed by atoms with Gasteiger partial charge in [-0.1, -0.05) is 49.4 Å². The molecule has 1 aliphatic carbocycles. The lowest BCUT2D eigenvalue weighted by atomic mass is 9.87. The molecule has 0 bridgehead atoms. The summed E-state index contributed by atoms with van der Waals surface area (Å²) in [4.78, 5) is 6.56. The number of allylic oxidation sites excluding steroid dienone is 2. The number of anilines is 2. The summed E-state index contributed by atoms with van der Waals surface area (Å²) in [5, 5.41) is 0. The molecule has 3 nitrogen and oxygen atoms in total. The molecule has 1 aliphatic rings. The molecule has 4 rings (SSSR count). The summed E-state index contributed by atoms with van der Waals surface area (Å²) in [6.07, 6.45) is 7.04. The first-order valence-corrected chi connectivity index (χ1v) is 12.0. The van der Waals surface area contributed by atoms with Crippen LogP contribution in [0.5, 0.6) is 0 Å². The Labute approximate surface area is 205 Å². The van der Waals surface area contributed by atoms with Gasteiger partial charge in [-0.15, -0.1) is 0 Å². The van der Waals surface area contributed by atoms with Crippen LogP contribution in [0.25, 0.3) is 27.8 Å². The maximum atomic E-state index is 2.41. The summed E-state index contributed by atoms with van der Waals surface area (Å²) in [7, 11) is 12.6. The zero-order valence-electron chi connectivity index (χ0n) is 21.6. The number of hydrogen-bond acceptors (Lipinski definition) is 3. The molecular weight excluding hydrogens is 414 g/mol. The first-order chi connectivity index (χ1) is 16.2. The van der Waals surface area contributed by atoms with Gasteiger partial charge in [0, 0.05) is 45.6 Å². The number of nitrogens with zero attached hydrogens (tertiary/aromatic N) is 3. The van der Waals surface area contributed by atoms with Gasteiger partial charge in [0.05, 0.1) is 0 Å². The monoisotopic (exact) mass is 451 g/mol. The lowest BCUT2D eigenvalue weighted by Crippen LogP contribution is -2.32. The number of likely N-dealkylation sites (N-methyl/N-ethyl adjacent to an activating group) is 1. The number of benzene rings is 3. The molecule has 3 aromatic carbocycles. The largest absolute Gasteiger partial charge is 0.378 e. The van der Waals surface area contributed by atoms with E-state index in [4.69, 9.17) is 0 Å². The molecule has 0 saturated carbocycles. The maximum absolute atomic E-state index is 2.41. The number of rotatable bonds is 6. The van der Waals surface area contributed by atoms with Gasteiger partial charge in [-0.25, -0.2) is 0 Å². The van der Waals surface area contributed by atoms with E-state index in [0.717, 1.165) is 0 Å². The van der Waals surface area contributed by atoms with Crippen molar-refractivity contribution in [2.75, 3.05) is 52.1 Å². The Kier molecular flexibility index (Phi) is 6.95. The molecule has 0 aliphatic heterocycles. The summed E-state index contributed by atoms with van der Waals surface area (Å²) in [5.41, 5.74) is 9.93. The Hall–Kier alpha value is -3.30. The Morgan fingerprint density at radius 1 is 0.559 bits per heavy atom. The summed E-state index contributed by atoms with van der Waals surface area (Å²) >= 11 is 0. The molecule has 34 heavy (non-hydrogen) atoms. The second kappa shape index (κ2) is 9.90. The van der Waals surface area contributed by atoms with Crippen molar-refractivity contribution < 1.29 is 0 Å². The van der Waals surface area contributed by atoms with Crippen LogP contribution in [0, 0.1) is 5.92 Å². The van der Waals surface area contributed by atoms with E-state index in [9.17, 15) is 0 Å². The minimum absolute atomic E-state index is 0.434. The minimum Gasteiger partial charge on any atom is -0.378 e. The highest BCUT2D eigenvalue weighted by molar-refractivity contribution is 5.84. The van der Waals surface area contributed by atoms with Gasteiger partial charge >= 0.3 is 0 Å². The predicted molar refractivity (Wildman–Crippen MR) is 150 cm³/mol. The quantitative estimate of drug-likeness (QED) is 0.414. The molecule has 0 fully saturated rings. The molecule has 3 aromatic rings. The summed E-state index contributed by atoms with van der Waals surface area (Å²) in [6, 6.07) is 25.1. The lowest BCUT2D eigenvalue weighted by molar-refractivity contribution is 0.295. The van der Waals surface area contributed by atoms with Gasteiger partial charge in [0.15, 0.2) is 0 Å². The van der Waals surface area contributed by atoms with Crippen molar-refractivity contribution in [3.05, 3.63) is 90.5 Å². The predicted octanol–water partition coefficient (Wildman–Crippen LogP) is 6.67. The van der Waals surface area contributed by atoms with Crippen LogP contribution < -0.4 is 9.80 Å². The highest BCUT2D eigenvalue weighted by atomic mass is 15.1. The standard InChI is InChI=1S/C31H37N3/c1-22-18-25(12-17-31(22)34(6)7)28-20-26(23-8-13-29(14-9-23)32(2)3)19-27(21-28)24-10-15-30(16-11-24)33(4)5/h8-22,31H,1-7H3. The molecule has 0 saturated heterocycles. The van der Waals surface area contributed by atoms with Crippen LogP contribution in [0.4, 0.5) is 11.4 Å². The molecule has 0 heterocycles. The SMILES string of the molecule is CC1C=C(c2cc(-c3ccc(N(C)C)cc3)cc(-c3ccc(N(C)C)cc3)c2)C=CC1N(C)C. The molecular formula is C31H37N3. The van der Waals surface area contributed by atoms with Crippen LogP contribution in [-0.2, 0) is 0 Å². The highest BCUT2D eigenvalue weighted by Gasteiger charge is 2.20. The first-order valence-electron chi connectivity index (χ1n) is 12.0. The van der Waals surface area contributed by atoms with Crippen LogP contribution in [0.2, 0.25) is 0 Å². The van der Waals surface area contributed by atoms with Gasteiger partial charge in [-0.2, -0.15) is 0 Å². The zero-order chi connectivity index (χ0) is 24.4. The van der Waals surface area contributed by atoms with Crippen LogP contribution in [0.3, 0.4) is 0 Å². The molecule has 176 valence electrons. The smallest absolute Gasteiger partial charge is 0.0361 e. The van der Waals surface area contributed by atoms with Crippen LogP contribution in [0.1, 0.15) is 12.5 Å². The third kappa shape index (κ3) is 5.10. The van der Waals surface area contributed by atoms with Gasteiger partial charge in [-0.05, 0) is 95.9 Å². The van der Waals surface area contributed by atoms with Gasteiger partial charge in [0.1, 0.15) is 0 Å².